The van der Waals surface area contributed by atoms with Crippen molar-refractivity contribution in [2.45, 2.75) is 0 Å². The molecule has 18 heavy (non-hydrogen) atoms. The second-order valence-corrected chi connectivity index (χ2v) is 7.47. The highest BCUT2D eigenvalue weighted by molar-refractivity contribution is 7.90. The third-order valence-electron chi connectivity index (χ3n) is 3.84. The van der Waals surface area contributed by atoms with E-state index in [0.717, 1.165) is 26.2 Å². The zero-order valence-corrected chi connectivity index (χ0v) is 12.9. The first-order valence-corrected chi connectivity index (χ1v) is 7.73. The molecule has 2 aliphatic rings. The molecule has 8 heteroatoms. The number of rotatable bonds is 4. The highest BCUT2D eigenvalue weighted by atomic mass is 35.5. The topological polar surface area (TPSA) is 69.6 Å². The lowest BCUT2D eigenvalue weighted by molar-refractivity contribution is 0.125. The van der Waals surface area contributed by atoms with Gasteiger partial charge in [-0.1, -0.05) is 0 Å². The van der Waals surface area contributed by atoms with Crippen molar-refractivity contribution in [1.29, 1.82) is 0 Å². The van der Waals surface area contributed by atoms with E-state index in [2.05, 4.69) is 10.2 Å². The molecule has 2 N–H and O–H groups in total. The Labute approximate surface area is 121 Å². The van der Waals surface area contributed by atoms with Crippen LogP contribution in [0.2, 0.25) is 0 Å². The molecule has 0 radical (unpaired) electrons. The number of likely N-dealkylation sites (tertiary alicyclic amines) is 1. The Morgan fingerprint density at radius 2 is 2.11 bits per heavy atom. The number of hydrogen-bond donors (Lipinski definition) is 2. The molecule has 0 aliphatic carbocycles. The van der Waals surface area contributed by atoms with Gasteiger partial charge in [0.25, 0.3) is 0 Å². The summed E-state index contributed by atoms with van der Waals surface area (Å²) in [6.07, 6.45) is 1.27. The average molecular weight is 321 g/mol. The van der Waals surface area contributed by atoms with Crippen LogP contribution in [0, 0.1) is 11.3 Å². The smallest absolute Gasteiger partial charge is 0.148 e. The second kappa shape index (κ2) is 6.72. The van der Waals surface area contributed by atoms with Crippen molar-refractivity contribution in [2.75, 3.05) is 51.3 Å². The molecule has 0 spiro atoms. The Bertz CT molecular complexity index is 366. The summed E-state index contributed by atoms with van der Waals surface area (Å²) in [5.41, 5.74) is -0.0303. The quantitative estimate of drug-likeness (QED) is 0.723. The molecule has 0 aromatic rings. The first-order chi connectivity index (χ1) is 7.45. The summed E-state index contributed by atoms with van der Waals surface area (Å²) in [7, 11) is -2.88. The summed E-state index contributed by atoms with van der Waals surface area (Å²) < 4.78 is 22.2. The summed E-state index contributed by atoms with van der Waals surface area (Å²) in [6.45, 7) is 4.30. The lowest BCUT2D eigenvalue weighted by atomic mass is 9.82. The number of nitrogens with zero attached hydrogens (tertiary/aromatic N) is 1. The van der Waals surface area contributed by atoms with Gasteiger partial charge in [0, 0.05) is 37.8 Å². The molecule has 0 aromatic carbocycles. The highest BCUT2D eigenvalue weighted by Gasteiger charge is 2.48. The van der Waals surface area contributed by atoms with Gasteiger partial charge in [-0.2, -0.15) is 0 Å². The SMILES string of the molecule is CS(=O)(=O)CCN1CC2CNCC2(CO)C1.Cl.Cl. The van der Waals surface area contributed by atoms with E-state index in [4.69, 9.17) is 0 Å². The molecular formula is C10H22Cl2N2O3S. The van der Waals surface area contributed by atoms with E-state index >= 15 is 0 Å². The van der Waals surface area contributed by atoms with Crippen LogP contribution in [0.5, 0.6) is 0 Å². The maximum Gasteiger partial charge on any atom is 0.148 e. The van der Waals surface area contributed by atoms with Gasteiger partial charge in [0.1, 0.15) is 9.84 Å². The van der Waals surface area contributed by atoms with Crippen LogP contribution in [-0.2, 0) is 9.84 Å². The van der Waals surface area contributed by atoms with Gasteiger partial charge in [0.05, 0.1) is 12.4 Å². The molecule has 0 amide bonds. The Morgan fingerprint density at radius 3 is 2.61 bits per heavy atom. The number of hydrogen-bond acceptors (Lipinski definition) is 5. The van der Waals surface area contributed by atoms with Gasteiger partial charge in [0.15, 0.2) is 0 Å². The van der Waals surface area contributed by atoms with Gasteiger partial charge >= 0.3 is 0 Å². The molecule has 110 valence electrons. The summed E-state index contributed by atoms with van der Waals surface area (Å²) in [6, 6.07) is 0. The van der Waals surface area contributed by atoms with Crippen LogP contribution in [0.25, 0.3) is 0 Å². The van der Waals surface area contributed by atoms with E-state index < -0.39 is 9.84 Å². The Balaban J connectivity index is 0.00000144. The first kappa shape index (κ1) is 18.4. The number of aliphatic hydroxyl groups is 1. The third kappa shape index (κ3) is 3.95. The Morgan fingerprint density at radius 1 is 1.44 bits per heavy atom. The summed E-state index contributed by atoms with van der Waals surface area (Å²) in [5.74, 6) is 0.686. The van der Waals surface area contributed by atoms with Crippen LogP contribution in [0.1, 0.15) is 0 Å². The fourth-order valence-electron chi connectivity index (χ4n) is 2.82. The number of fused-ring (bicyclic) bond motifs is 1. The van der Waals surface area contributed by atoms with Crippen molar-refractivity contribution in [1.82, 2.24) is 10.2 Å². The van der Waals surface area contributed by atoms with Crippen molar-refractivity contribution in [2.24, 2.45) is 11.3 Å². The molecule has 2 heterocycles. The van der Waals surface area contributed by atoms with Gasteiger partial charge < -0.3 is 15.3 Å². The van der Waals surface area contributed by atoms with Crippen LogP contribution >= 0.6 is 24.8 Å². The number of sulfone groups is 1. The molecule has 2 aliphatic heterocycles. The van der Waals surface area contributed by atoms with Gasteiger partial charge in [-0.15, -0.1) is 24.8 Å². The van der Waals surface area contributed by atoms with Crippen molar-refractivity contribution in [3.05, 3.63) is 0 Å². The Hall–Kier alpha value is 0.410. The van der Waals surface area contributed by atoms with Crippen LogP contribution < -0.4 is 5.32 Å². The zero-order valence-electron chi connectivity index (χ0n) is 10.5. The molecule has 0 bridgehead atoms. The van der Waals surface area contributed by atoms with Gasteiger partial charge in [0.2, 0.25) is 0 Å². The highest BCUT2D eigenvalue weighted by Crippen LogP contribution is 2.38. The van der Waals surface area contributed by atoms with E-state index in [0.29, 0.717) is 12.5 Å². The molecule has 2 saturated heterocycles. The standard InChI is InChI=1S/C10H20N2O3S.2ClH/c1-16(14,15)3-2-12-5-9-4-11-6-10(9,7-12)8-13;;/h9,11,13H,2-8H2,1H3;2*1H. The minimum Gasteiger partial charge on any atom is -0.396 e. The molecule has 2 unspecified atom stereocenters. The lowest BCUT2D eigenvalue weighted by Crippen LogP contribution is -2.37. The normalized spacial score (nSPS) is 31.6. The minimum atomic E-state index is -2.88. The van der Waals surface area contributed by atoms with E-state index in [1.807, 2.05) is 0 Å². The van der Waals surface area contributed by atoms with E-state index in [1.54, 1.807) is 0 Å². The summed E-state index contributed by atoms with van der Waals surface area (Å²) in [4.78, 5) is 2.17. The molecule has 2 rings (SSSR count). The first-order valence-electron chi connectivity index (χ1n) is 5.67. The summed E-state index contributed by atoms with van der Waals surface area (Å²) in [5, 5.41) is 12.8. The second-order valence-electron chi connectivity index (χ2n) is 5.21. The summed E-state index contributed by atoms with van der Waals surface area (Å²) >= 11 is 0. The fourth-order valence-corrected chi connectivity index (χ4v) is 3.41. The molecule has 2 atom stereocenters. The molecule has 2 fully saturated rings. The third-order valence-corrected chi connectivity index (χ3v) is 4.77. The molecule has 0 aromatic heterocycles. The maximum absolute atomic E-state index is 11.1. The van der Waals surface area contributed by atoms with E-state index in [-0.39, 0.29) is 42.6 Å². The lowest BCUT2D eigenvalue weighted by Gasteiger charge is -2.25. The van der Waals surface area contributed by atoms with Crippen LogP contribution in [-0.4, -0.2) is 69.8 Å². The number of aliphatic hydroxyl groups excluding tert-OH is 1. The van der Waals surface area contributed by atoms with E-state index in [1.165, 1.54) is 6.26 Å². The maximum atomic E-state index is 11.1. The zero-order chi connectivity index (χ0) is 11.8. The monoisotopic (exact) mass is 320 g/mol. The van der Waals surface area contributed by atoms with Gasteiger partial charge in [-0.3, -0.25) is 0 Å². The van der Waals surface area contributed by atoms with Crippen molar-refractivity contribution in [3.8, 4) is 0 Å². The number of halogens is 2. The van der Waals surface area contributed by atoms with Crippen LogP contribution in [0.3, 0.4) is 0 Å². The predicted octanol–water partition coefficient (Wildman–Crippen LogP) is -0.612. The predicted molar refractivity (Wildman–Crippen MR) is 76.5 cm³/mol. The average Bonchev–Trinajstić information content (AvgIpc) is 2.69. The van der Waals surface area contributed by atoms with Crippen LogP contribution in [0.15, 0.2) is 0 Å². The van der Waals surface area contributed by atoms with Crippen molar-refractivity contribution < 1.29 is 13.5 Å². The van der Waals surface area contributed by atoms with Crippen LogP contribution in [0.4, 0.5) is 0 Å². The van der Waals surface area contributed by atoms with Gasteiger partial charge in [-0.05, 0) is 12.5 Å². The van der Waals surface area contributed by atoms with Crippen molar-refractivity contribution >= 4 is 34.7 Å². The Kier molecular flexibility index (Phi) is 6.87. The van der Waals surface area contributed by atoms with E-state index in [9.17, 15) is 13.5 Å². The van der Waals surface area contributed by atoms with Crippen molar-refractivity contribution in [3.63, 3.8) is 0 Å². The largest absolute Gasteiger partial charge is 0.396 e. The minimum absolute atomic E-state index is 0. The molecule has 0 saturated carbocycles. The number of nitrogens with one attached hydrogen (secondary N) is 1. The van der Waals surface area contributed by atoms with Gasteiger partial charge in [-0.25, -0.2) is 8.42 Å². The fraction of sp³-hybridized carbons (Fsp3) is 1.00. The molecular weight excluding hydrogens is 299 g/mol. The molecule has 5 nitrogen and oxygen atoms in total.